The van der Waals surface area contributed by atoms with E-state index in [0.717, 1.165) is 11.3 Å². The van der Waals surface area contributed by atoms with Crippen molar-refractivity contribution in [3.63, 3.8) is 0 Å². The van der Waals surface area contributed by atoms with Crippen LogP contribution in [-0.2, 0) is 15.6 Å². The van der Waals surface area contributed by atoms with E-state index < -0.39 is 0 Å². The van der Waals surface area contributed by atoms with Crippen molar-refractivity contribution in [2.45, 2.75) is 52.4 Å². The van der Waals surface area contributed by atoms with Crippen LogP contribution in [0.5, 0.6) is 0 Å². The molecule has 0 saturated carbocycles. The average molecular weight is 367 g/mol. The van der Waals surface area contributed by atoms with Crippen LogP contribution in [0.4, 0.5) is 5.69 Å². The van der Waals surface area contributed by atoms with Gasteiger partial charge in [-0.3, -0.25) is 9.59 Å². The van der Waals surface area contributed by atoms with E-state index in [4.69, 9.17) is 0 Å². The lowest BCUT2D eigenvalue weighted by atomic mass is 9.87. The number of carbonyl (C=O) groups excluding carboxylic acids is 2. The fourth-order valence-electron chi connectivity index (χ4n) is 2.64. The predicted molar refractivity (Wildman–Crippen MR) is 111 cm³/mol. The number of hydrogen-bond donors (Lipinski definition) is 2. The first-order valence-electron chi connectivity index (χ1n) is 9.26. The smallest absolute Gasteiger partial charge is 0.251 e. The highest BCUT2D eigenvalue weighted by Crippen LogP contribution is 2.23. The van der Waals surface area contributed by atoms with E-state index in [1.165, 1.54) is 5.56 Å². The molecule has 0 aliphatic heterocycles. The van der Waals surface area contributed by atoms with Crippen LogP contribution in [0, 0.1) is 0 Å². The van der Waals surface area contributed by atoms with Gasteiger partial charge in [0, 0.05) is 11.3 Å². The Morgan fingerprint density at radius 2 is 1.19 bits per heavy atom. The van der Waals surface area contributed by atoms with Crippen molar-refractivity contribution in [3.8, 4) is 0 Å². The summed E-state index contributed by atoms with van der Waals surface area (Å²) in [4.78, 5) is 24.3. The Morgan fingerprint density at radius 3 is 1.63 bits per heavy atom. The van der Waals surface area contributed by atoms with Crippen LogP contribution in [-0.4, -0.2) is 18.4 Å². The zero-order chi connectivity index (χ0) is 20.2. The Hall–Kier alpha value is -2.62. The van der Waals surface area contributed by atoms with Crippen LogP contribution < -0.4 is 10.6 Å². The van der Waals surface area contributed by atoms with Gasteiger partial charge in [-0.25, -0.2) is 0 Å². The molecule has 144 valence electrons. The normalized spacial score (nSPS) is 11.8. The van der Waals surface area contributed by atoms with E-state index in [2.05, 4.69) is 52.2 Å². The number of nitrogens with one attached hydrogen (secondary N) is 2. The Bertz CT molecular complexity index is 792. The van der Waals surface area contributed by atoms with Gasteiger partial charge in [-0.05, 0) is 46.2 Å². The first-order chi connectivity index (χ1) is 12.5. The molecule has 0 aromatic heterocycles. The SMILES string of the molecule is CC(C)(C)c1ccc(NC(=O)CNC(=O)c2ccc(C(C)(C)C)cc2)cc1. The third-order valence-corrected chi connectivity index (χ3v) is 4.46. The molecule has 0 aliphatic carbocycles. The molecule has 0 atom stereocenters. The summed E-state index contributed by atoms with van der Waals surface area (Å²) in [6, 6.07) is 15.3. The highest BCUT2D eigenvalue weighted by molar-refractivity contribution is 5.99. The molecule has 2 aromatic rings. The molecule has 0 radical (unpaired) electrons. The van der Waals surface area contributed by atoms with Gasteiger partial charge in [0.05, 0.1) is 6.54 Å². The maximum atomic E-state index is 12.2. The van der Waals surface area contributed by atoms with Crippen molar-refractivity contribution in [1.29, 1.82) is 0 Å². The van der Waals surface area contributed by atoms with Gasteiger partial charge in [0.1, 0.15) is 0 Å². The van der Waals surface area contributed by atoms with Crippen molar-refractivity contribution >= 4 is 17.5 Å². The molecule has 2 aromatic carbocycles. The Kier molecular flexibility index (Phi) is 6.09. The largest absolute Gasteiger partial charge is 0.343 e. The van der Waals surface area contributed by atoms with E-state index >= 15 is 0 Å². The van der Waals surface area contributed by atoms with E-state index in [-0.39, 0.29) is 29.2 Å². The van der Waals surface area contributed by atoms with Gasteiger partial charge >= 0.3 is 0 Å². The lowest BCUT2D eigenvalue weighted by Crippen LogP contribution is -2.32. The zero-order valence-corrected chi connectivity index (χ0v) is 17.1. The molecule has 0 aliphatic rings. The monoisotopic (exact) mass is 366 g/mol. The number of benzene rings is 2. The number of rotatable bonds is 4. The standard InChI is InChI=1S/C23H30N2O2/c1-22(2,3)17-9-7-16(8-10-17)21(27)24-15-20(26)25-19-13-11-18(12-14-19)23(4,5)6/h7-14H,15H2,1-6H3,(H,24,27)(H,25,26). The van der Waals surface area contributed by atoms with Crippen molar-refractivity contribution < 1.29 is 9.59 Å². The third kappa shape index (κ3) is 5.95. The van der Waals surface area contributed by atoms with Crippen LogP contribution in [0.1, 0.15) is 63.0 Å². The fourth-order valence-corrected chi connectivity index (χ4v) is 2.64. The van der Waals surface area contributed by atoms with E-state index in [0.29, 0.717) is 5.56 Å². The summed E-state index contributed by atoms with van der Waals surface area (Å²) in [6.07, 6.45) is 0. The van der Waals surface area contributed by atoms with Gasteiger partial charge in [-0.2, -0.15) is 0 Å². The Balaban J connectivity index is 1.88. The van der Waals surface area contributed by atoms with Gasteiger partial charge in [0.2, 0.25) is 5.91 Å². The molecule has 4 heteroatoms. The Morgan fingerprint density at radius 1 is 0.741 bits per heavy atom. The maximum absolute atomic E-state index is 12.2. The zero-order valence-electron chi connectivity index (χ0n) is 17.1. The van der Waals surface area contributed by atoms with Crippen LogP contribution in [0.25, 0.3) is 0 Å². The van der Waals surface area contributed by atoms with Crippen LogP contribution in [0.15, 0.2) is 48.5 Å². The fraction of sp³-hybridized carbons (Fsp3) is 0.391. The first kappa shape index (κ1) is 20.7. The molecule has 0 unspecified atom stereocenters. The van der Waals surface area contributed by atoms with Gasteiger partial charge in [-0.15, -0.1) is 0 Å². The summed E-state index contributed by atoms with van der Waals surface area (Å²) < 4.78 is 0. The quantitative estimate of drug-likeness (QED) is 0.827. The van der Waals surface area contributed by atoms with E-state index in [9.17, 15) is 9.59 Å². The summed E-state index contributed by atoms with van der Waals surface area (Å²) in [5, 5.41) is 5.46. The number of anilines is 1. The molecule has 4 nitrogen and oxygen atoms in total. The van der Waals surface area contributed by atoms with Crippen LogP contribution in [0.3, 0.4) is 0 Å². The van der Waals surface area contributed by atoms with Gasteiger partial charge in [0.15, 0.2) is 0 Å². The van der Waals surface area contributed by atoms with Crippen LogP contribution >= 0.6 is 0 Å². The summed E-state index contributed by atoms with van der Waals surface area (Å²) in [7, 11) is 0. The third-order valence-electron chi connectivity index (χ3n) is 4.46. The second-order valence-corrected chi connectivity index (χ2v) is 8.89. The number of carbonyl (C=O) groups is 2. The minimum Gasteiger partial charge on any atom is -0.343 e. The van der Waals surface area contributed by atoms with E-state index in [1.54, 1.807) is 12.1 Å². The summed E-state index contributed by atoms with van der Waals surface area (Å²) in [6.45, 7) is 12.7. The van der Waals surface area contributed by atoms with Gasteiger partial charge < -0.3 is 10.6 Å². The van der Waals surface area contributed by atoms with Gasteiger partial charge in [-0.1, -0.05) is 65.8 Å². The molecule has 0 spiro atoms. The molecule has 0 fully saturated rings. The molecule has 0 bridgehead atoms. The highest BCUT2D eigenvalue weighted by atomic mass is 16.2. The molecular weight excluding hydrogens is 336 g/mol. The summed E-state index contributed by atoms with van der Waals surface area (Å²) in [5.74, 6) is -0.508. The first-order valence-corrected chi connectivity index (χ1v) is 9.26. The molecule has 27 heavy (non-hydrogen) atoms. The summed E-state index contributed by atoms with van der Waals surface area (Å²) in [5.41, 5.74) is 3.74. The summed E-state index contributed by atoms with van der Waals surface area (Å²) >= 11 is 0. The molecular formula is C23H30N2O2. The van der Waals surface area contributed by atoms with E-state index in [1.807, 2.05) is 36.4 Å². The van der Waals surface area contributed by atoms with Crippen molar-refractivity contribution in [2.75, 3.05) is 11.9 Å². The number of hydrogen-bond acceptors (Lipinski definition) is 2. The minimum absolute atomic E-state index is 0.0391. The molecule has 0 saturated heterocycles. The Labute approximate surface area is 162 Å². The average Bonchev–Trinajstić information content (AvgIpc) is 2.58. The second-order valence-electron chi connectivity index (χ2n) is 8.89. The van der Waals surface area contributed by atoms with Crippen LogP contribution in [0.2, 0.25) is 0 Å². The van der Waals surface area contributed by atoms with Crippen molar-refractivity contribution in [2.24, 2.45) is 0 Å². The molecule has 2 rings (SSSR count). The predicted octanol–water partition coefficient (Wildman–Crippen LogP) is 4.65. The van der Waals surface area contributed by atoms with Crippen molar-refractivity contribution in [1.82, 2.24) is 5.32 Å². The molecule has 2 amide bonds. The maximum Gasteiger partial charge on any atom is 0.251 e. The lowest BCUT2D eigenvalue weighted by molar-refractivity contribution is -0.115. The topological polar surface area (TPSA) is 58.2 Å². The molecule has 2 N–H and O–H groups in total. The molecule has 0 heterocycles. The second kappa shape index (κ2) is 7.95. The lowest BCUT2D eigenvalue weighted by Gasteiger charge is -2.19. The minimum atomic E-state index is -0.256. The van der Waals surface area contributed by atoms with Crippen molar-refractivity contribution in [3.05, 3.63) is 65.2 Å². The highest BCUT2D eigenvalue weighted by Gasteiger charge is 2.15. The van der Waals surface area contributed by atoms with Gasteiger partial charge in [0.25, 0.3) is 5.91 Å². The number of amides is 2.